The Morgan fingerprint density at radius 3 is 2.32 bits per heavy atom. The molecule has 0 aliphatic carbocycles. The van der Waals surface area contributed by atoms with Crippen LogP contribution in [-0.4, -0.2) is 54.5 Å². The van der Waals surface area contributed by atoms with Gasteiger partial charge in [0.2, 0.25) is 0 Å². The van der Waals surface area contributed by atoms with Crippen LogP contribution in [0.5, 0.6) is 0 Å². The first-order valence-electron chi connectivity index (χ1n) is 8.24. The maximum Gasteiger partial charge on any atom is 0.337 e. The Labute approximate surface area is 147 Å². The van der Waals surface area contributed by atoms with E-state index in [0.29, 0.717) is 17.7 Å². The molecule has 1 aromatic heterocycles. The number of nitrogens with zero attached hydrogens (tertiary/aromatic N) is 3. The molecule has 130 valence electrons. The fourth-order valence-electron chi connectivity index (χ4n) is 3.08. The van der Waals surface area contributed by atoms with Crippen LogP contribution in [0.3, 0.4) is 0 Å². The molecule has 1 aliphatic heterocycles. The van der Waals surface area contributed by atoms with E-state index in [1.165, 1.54) is 7.11 Å². The van der Waals surface area contributed by atoms with Crippen molar-refractivity contribution in [2.45, 2.75) is 13.0 Å². The Morgan fingerprint density at radius 1 is 1.04 bits per heavy atom. The van der Waals surface area contributed by atoms with Crippen LogP contribution in [-0.2, 0) is 4.74 Å². The van der Waals surface area contributed by atoms with Crippen LogP contribution in [0.2, 0.25) is 0 Å². The summed E-state index contributed by atoms with van der Waals surface area (Å²) in [5.74, 6) is -0.303. The highest BCUT2D eigenvalue weighted by Gasteiger charge is 2.28. The molecule has 6 nitrogen and oxygen atoms in total. The number of aromatic nitrogens is 1. The molecule has 1 aliphatic rings. The van der Waals surface area contributed by atoms with E-state index in [0.717, 1.165) is 18.8 Å². The second-order valence-corrected chi connectivity index (χ2v) is 6.07. The van der Waals surface area contributed by atoms with Gasteiger partial charge in [0.25, 0.3) is 5.91 Å². The minimum absolute atomic E-state index is 0.0376. The first kappa shape index (κ1) is 17.0. The van der Waals surface area contributed by atoms with E-state index in [2.05, 4.69) is 9.88 Å². The SMILES string of the molecule is COC(=O)c1ccc(N2CCN(C(=O)c3ccncc3)[C@H](C)C2)cc1. The van der Waals surface area contributed by atoms with E-state index in [1.54, 1.807) is 36.7 Å². The molecular formula is C19H21N3O3. The number of hydrogen-bond acceptors (Lipinski definition) is 5. The highest BCUT2D eigenvalue weighted by Crippen LogP contribution is 2.21. The number of ether oxygens (including phenoxy) is 1. The first-order valence-corrected chi connectivity index (χ1v) is 8.24. The molecule has 0 unspecified atom stereocenters. The minimum atomic E-state index is -0.340. The summed E-state index contributed by atoms with van der Waals surface area (Å²) in [6, 6.07) is 10.9. The van der Waals surface area contributed by atoms with E-state index in [9.17, 15) is 9.59 Å². The number of anilines is 1. The molecule has 1 fully saturated rings. The molecule has 2 aromatic rings. The van der Waals surface area contributed by atoms with Gasteiger partial charge in [0, 0.05) is 49.3 Å². The van der Waals surface area contributed by atoms with Crippen molar-refractivity contribution in [2.75, 3.05) is 31.6 Å². The molecule has 0 saturated carbocycles. The quantitative estimate of drug-likeness (QED) is 0.803. The van der Waals surface area contributed by atoms with Crippen LogP contribution in [0.25, 0.3) is 0 Å². The van der Waals surface area contributed by atoms with Gasteiger partial charge in [-0.15, -0.1) is 0 Å². The van der Waals surface area contributed by atoms with Gasteiger partial charge < -0.3 is 14.5 Å². The third-order valence-corrected chi connectivity index (χ3v) is 4.47. The van der Waals surface area contributed by atoms with Crippen molar-refractivity contribution in [2.24, 2.45) is 0 Å². The molecule has 1 saturated heterocycles. The van der Waals surface area contributed by atoms with Gasteiger partial charge in [-0.1, -0.05) is 0 Å². The molecule has 0 radical (unpaired) electrons. The van der Waals surface area contributed by atoms with Crippen molar-refractivity contribution < 1.29 is 14.3 Å². The van der Waals surface area contributed by atoms with Crippen LogP contribution < -0.4 is 4.90 Å². The molecule has 0 bridgehead atoms. The number of amides is 1. The van der Waals surface area contributed by atoms with Crippen molar-refractivity contribution in [3.8, 4) is 0 Å². The van der Waals surface area contributed by atoms with Crippen LogP contribution >= 0.6 is 0 Å². The van der Waals surface area contributed by atoms with Crippen LogP contribution in [0.15, 0.2) is 48.8 Å². The highest BCUT2D eigenvalue weighted by molar-refractivity contribution is 5.94. The summed E-state index contributed by atoms with van der Waals surface area (Å²) in [5.41, 5.74) is 2.24. The highest BCUT2D eigenvalue weighted by atomic mass is 16.5. The lowest BCUT2D eigenvalue weighted by atomic mass is 10.1. The zero-order chi connectivity index (χ0) is 17.8. The molecule has 1 aromatic carbocycles. The molecule has 1 atom stereocenters. The van der Waals surface area contributed by atoms with Gasteiger partial charge in [-0.05, 0) is 43.3 Å². The first-order chi connectivity index (χ1) is 12.1. The van der Waals surface area contributed by atoms with Gasteiger partial charge in [-0.2, -0.15) is 0 Å². The monoisotopic (exact) mass is 339 g/mol. The second kappa shape index (κ2) is 7.34. The molecule has 25 heavy (non-hydrogen) atoms. The number of methoxy groups -OCH3 is 1. The smallest absolute Gasteiger partial charge is 0.337 e. The van der Waals surface area contributed by atoms with E-state index < -0.39 is 0 Å². The normalized spacial score (nSPS) is 17.3. The fourth-order valence-corrected chi connectivity index (χ4v) is 3.08. The van der Waals surface area contributed by atoms with E-state index in [1.807, 2.05) is 24.0 Å². The molecule has 1 amide bonds. The topological polar surface area (TPSA) is 62.7 Å². The number of carbonyl (C=O) groups is 2. The Morgan fingerprint density at radius 2 is 1.72 bits per heavy atom. The van der Waals surface area contributed by atoms with E-state index >= 15 is 0 Å². The predicted octanol–water partition coefficient (Wildman–Crippen LogP) is 2.22. The third-order valence-electron chi connectivity index (χ3n) is 4.47. The number of piperazine rings is 1. The summed E-state index contributed by atoms with van der Waals surface area (Å²) in [5, 5.41) is 0. The van der Waals surface area contributed by atoms with Crippen molar-refractivity contribution in [3.05, 3.63) is 59.9 Å². The van der Waals surface area contributed by atoms with Crippen molar-refractivity contribution in [1.29, 1.82) is 0 Å². The van der Waals surface area contributed by atoms with Crippen LogP contribution in [0.4, 0.5) is 5.69 Å². The predicted molar refractivity (Wildman–Crippen MR) is 94.7 cm³/mol. The Hall–Kier alpha value is -2.89. The zero-order valence-corrected chi connectivity index (χ0v) is 14.4. The number of benzene rings is 1. The van der Waals surface area contributed by atoms with Crippen molar-refractivity contribution in [1.82, 2.24) is 9.88 Å². The summed E-state index contributed by atoms with van der Waals surface area (Å²) in [6.45, 7) is 4.20. The third kappa shape index (κ3) is 3.63. The maximum atomic E-state index is 12.6. The average Bonchev–Trinajstić information content (AvgIpc) is 2.67. The Bertz CT molecular complexity index is 746. The molecule has 3 rings (SSSR count). The van der Waals surface area contributed by atoms with Gasteiger partial charge in [-0.3, -0.25) is 9.78 Å². The van der Waals surface area contributed by atoms with Gasteiger partial charge in [0.1, 0.15) is 0 Å². The number of carbonyl (C=O) groups excluding carboxylic acids is 2. The summed E-state index contributed by atoms with van der Waals surface area (Å²) in [7, 11) is 1.37. The Kier molecular flexibility index (Phi) is 4.97. The van der Waals surface area contributed by atoms with Gasteiger partial charge >= 0.3 is 5.97 Å². The number of hydrogen-bond donors (Lipinski definition) is 0. The summed E-state index contributed by atoms with van der Waals surface area (Å²) in [4.78, 5) is 32.2. The van der Waals surface area contributed by atoms with Gasteiger partial charge in [0.05, 0.1) is 12.7 Å². The number of rotatable bonds is 3. The second-order valence-electron chi connectivity index (χ2n) is 6.07. The largest absolute Gasteiger partial charge is 0.465 e. The zero-order valence-electron chi connectivity index (χ0n) is 14.4. The van der Waals surface area contributed by atoms with E-state index in [-0.39, 0.29) is 17.9 Å². The lowest BCUT2D eigenvalue weighted by Crippen LogP contribution is -2.54. The van der Waals surface area contributed by atoms with Gasteiger partial charge in [0.15, 0.2) is 0 Å². The molecule has 0 spiro atoms. The Balaban J connectivity index is 1.67. The summed E-state index contributed by atoms with van der Waals surface area (Å²) in [6.07, 6.45) is 3.27. The summed E-state index contributed by atoms with van der Waals surface area (Å²) < 4.78 is 4.72. The molecule has 6 heteroatoms. The molecule has 2 heterocycles. The van der Waals surface area contributed by atoms with Crippen molar-refractivity contribution >= 4 is 17.6 Å². The fraction of sp³-hybridized carbons (Fsp3) is 0.316. The minimum Gasteiger partial charge on any atom is -0.465 e. The van der Waals surface area contributed by atoms with Crippen LogP contribution in [0, 0.1) is 0 Å². The number of esters is 1. The average molecular weight is 339 g/mol. The lowest BCUT2D eigenvalue weighted by Gasteiger charge is -2.41. The van der Waals surface area contributed by atoms with Crippen molar-refractivity contribution in [3.63, 3.8) is 0 Å². The maximum absolute atomic E-state index is 12.6. The van der Waals surface area contributed by atoms with E-state index in [4.69, 9.17) is 4.74 Å². The van der Waals surface area contributed by atoms with Gasteiger partial charge in [-0.25, -0.2) is 4.79 Å². The number of pyridine rings is 1. The summed E-state index contributed by atoms with van der Waals surface area (Å²) >= 11 is 0. The molecular weight excluding hydrogens is 318 g/mol. The standard InChI is InChI=1S/C19H21N3O3/c1-14-13-21(17-5-3-16(4-6-17)19(24)25-2)11-12-22(14)18(23)15-7-9-20-10-8-15/h3-10,14H,11-13H2,1-2H3/t14-/m1/s1. The van der Waals surface area contributed by atoms with Crippen LogP contribution in [0.1, 0.15) is 27.6 Å². The molecule has 0 N–H and O–H groups in total. The lowest BCUT2D eigenvalue weighted by molar-refractivity contribution is 0.0599.